The number of likely N-dealkylation sites (tertiary alicyclic amines) is 1. The Labute approximate surface area is 97.8 Å². The van der Waals surface area contributed by atoms with Crippen LogP contribution < -0.4 is 5.73 Å². The lowest BCUT2D eigenvalue weighted by Crippen LogP contribution is -2.53. The SMILES string of the molecule is Nc1ccc2c(C(=O)N3CC(O)C3)c[nH]c2c1. The molecule has 0 spiro atoms. The number of nitrogens with two attached hydrogens (primary N) is 1. The lowest BCUT2D eigenvalue weighted by atomic mass is 10.1. The predicted molar refractivity (Wildman–Crippen MR) is 64.6 cm³/mol. The summed E-state index contributed by atoms with van der Waals surface area (Å²) >= 11 is 0. The molecule has 1 aromatic carbocycles. The van der Waals surface area contributed by atoms with E-state index in [4.69, 9.17) is 5.73 Å². The number of H-pyrrole nitrogens is 1. The van der Waals surface area contributed by atoms with Crippen molar-refractivity contribution in [1.29, 1.82) is 0 Å². The molecule has 5 nitrogen and oxygen atoms in total. The van der Waals surface area contributed by atoms with Crippen molar-refractivity contribution in [2.24, 2.45) is 0 Å². The maximum absolute atomic E-state index is 12.1. The largest absolute Gasteiger partial charge is 0.399 e. The van der Waals surface area contributed by atoms with Gasteiger partial charge in [-0.1, -0.05) is 0 Å². The number of nitrogen functional groups attached to an aromatic ring is 1. The molecule has 0 unspecified atom stereocenters. The summed E-state index contributed by atoms with van der Waals surface area (Å²) in [5.41, 5.74) is 7.83. The minimum atomic E-state index is -0.375. The van der Waals surface area contributed by atoms with Gasteiger partial charge in [0, 0.05) is 35.9 Å². The summed E-state index contributed by atoms with van der Waals surface area (Å²) in [7, 11) is 0. The molecule has 1 fully saturated rings. The number of nitrogens with one attached hydrogen (secondary N) is 1. The first-order valence-electron chi connectivity index (χ1n) is 5.49. The molecule has 0 bridgehead atoms. The van der Waals surface area contributed by atoms with Gasteiger partial charge in [-0.3, -0.25) is 4.79 Å². The molecule has 5 heteroatoms. The number of hydrogen-bond acceptors (Lipinski definition) is 3. The average Bonchev–Trinajstić information content (AvgIpc) is 2.66. The number of aromatic amines is 1. The van der Waals surface area contributed by atoms with Gasteiger partial charge in [0.05, 0.1) is 11.7 Å². The first-order chi connectivity index (χ1) is 8.15. The molecule has 88 valence electrons. The fourth-order valence-corrected chi connectivity index (χ4v) is 2.11. The number of rotatable bonds is 1. The van der Waals surface area contributed by atoms with Crippen molar-refractivity contribution in [2.45, 2.75) is 6.10 Å². The second kappa shape index (κ2) is 3.49. The first-order valence-corrected chi connectivity index (χ1v) is 5.49. The Morgan fingerprint density at radius 1 is 1.47 bits per heavy atom. The molecule has 0 saturated carbocycles. The Balaban J connectivity index is 1.98. The van der Waals surface area contributed by atoms with Crippen molar-refractivity contribution >= 4 is 22.5 Å². The second-order valence-electron chi connectivity index (χ2n) is 4.37. The minimum absolute atomic E-state index is 0.0497. The van der Waals surface area contributed by atoms with Gasteiger partial charge in [-0.15, -0.1) is 0 Å². The zero-order chi connectivity index (χ0) is 12.0. The summed E-state index contributed by atoms with van der Waals surface area (Å²) in [6.45, 7) is 0.834. The molecule has 1 aliphatic heterocycles. The Morgan fingerprint density at radius 2 is 2.24 bits per heavy atom. The van der Waals surface area contributed by atoms with Gasteiger partial charge in [0.15, 0.2) is 0 Å². The van der Waals surface area contributed by atoms with Crippen molar-refractivity contribution in [3.05, 3.63) is 30.0 Å². The number of aromatic nitrogens is 1. The number of β-amino-alcohol motifs (C(OH)–C–C–N with tert-alkyl or cyclic N) is 1. The fraction of sp³-hybridized carbons (Fsp3) is 0.250. The highest BCUT2D eigenvalue weighted by Crippen LogP contribution is 2.23. The molecule has 0 atom stereocenters. The van der Waals surface area contributed by atoms with Crippen LogP contribution in [0.4, 0.5) is 5.69 Å². The van der Waals surface area contributed by atoms with Crippen LogP contribution in [0.25, 0.3) is 10.9 Å². The van der Waals surface area contributed by atoms with Crippen LogP contribution in [0.2, 0.25) is 0 Å². The van der Waals surface area contributed by atoms with Gasteiger partial charge in [0.2, 0.25) is 0 Å². The van der Waals surface area contributed by atoms with E-state index in [9.17, 15) is 9.90 Å². The van der Waals surface area contributed by atoms with E-state index in [0.29, 0.717) is 24.3 Å². The van der Waals surface area contributed by atoms with Crippen LogP contribution in [0, 0.1) is 0 Å². The third kappa shape index (κ3) is 1.55. The zero-order valence-electron chi connectivity index (χ0n) is 9.18. The van der Waals surface area contributed by atoms with E-state index >= 15 is 0 Å². The number of hydrogen-bond donors (Lipinski definition) is 3. The van der Waals surface area contributed by atoms with Crippen LogP contribution in [0.5, 0.6) is 0 Å². The Morgan fingerprint density at radius 3 is 2.94 bits per heavy atom. The maximum atomic E-state index is 12.1. The van der Waals surface area contributed by atoms with Gasteiger partial charge >= 0.3 is 0 Å². The lowest BCUT2D eigenvalue weighted by Gasteiger charge is -2.35. The Kier molecular flexibility index (Phi) is 2.09. The number of aliphatic hydroxyl groups excluding tert-OH is 1. The standard InChI is InChI=1S/C12H13N3O2/c13-7-1-2-9-10(4-14-11(9)3-7)12(17)15-5-8(16)6-15/h1-4,8,14,16H,5-6,13H2. The predicted octanol–water partition coefficient (Wildman–Crippen LogP) is 0.567. The summed E-state index contributed by atoms with van der Waals surface area (Å²) in [6, 6.07) is 5.42. The molecule has 0 aliphatic carbocycles. The summed E-state index contributed by atoms with van der Waals surface area (Å²) in [5.74, 6) is -0.0497. The van der Waals surface area contributed by atoms with Gasteiger partial charge in [-0.05, 0) is 18.2 Å². The molecule has 3 rings (SSSR count). The fourth-order valence-electron chi connectivity index (χ4n) is 2.11. The van der Waals surface area contributed by atoms with Crippen molar-refractivity contribution in [3.63, 3.8) is 0 Å². The van der Waals surface area contributed by atoms with E-state index in [1.165, 1.54) is 0 Å². The molecule has 2 aromatic rings. The third-order valence-electron chi connectivity index (χ3n) is 3.09. The number of amides is 1. The quantitative estimate of drug-likeness (QED) is 0.627. The topological polar surface area (TPSA) is 82.3 Å². The Hall–Kier alpha value is -2.01. The number of fused-ring (bicyclic) bond motifs is 1. The first kappa shape index (κ1) is 10.2. The third-order valence-corrected chi connectivity index (χ3v) is 3.09. The van der Waals surface area contributed by atoms with Crippen molar-refractivity contribution in [3.8, 4) is 0 Å². The molecular formula is C12H13N3O2. The lowest BCUT2D eigenvalue weighted by molar-refractivity contribution is 0.00603. The number of carbonyl (C=O) groups excluding carboxylic acids is 1. The molecule has 1 amide bonds. The summed E-state index contributed by atoms with van der Waals surface area (Å²) in [6.07, 6.45) is 1.32. The van der Waals surface area contributed by atoms with Gasteiger partial charge in [0.1, 0.15) is 0 Å². The summed E-state index contributed by atoms with van der Waals surface area (Å²) < 4.78 is 0. The average molecular weight is 231 g/mol. The molecule has 2 heterocycles. The molecular weight excluding hydrogens is 218 g/mol. The van der Waals surface area contributed by atoms with Crippen LogP contribution in [0.15, 0.2) is 24.4 Å². The van der Waals surface area contributed by atoms with Gasteiger partial charge in [-0.2, -0.15) is 0 Å². The van der Waals surface area contributed by atoms with Gasteiger partial charge in [-0.25, -0.2) is 0 Å². The molecule has 1 aromatic heterocycles. The van der Waals surface area contributed by atoms with Crippen LogP contribution in [-0.4, -0.2) is 40.1 Å². The van der Waals surface area contributed by atoms with E-state index in [1.807, 2.05) is 6.07 Å². The summed E-state index contributed by atoms with van der Waals surface area (Å²) in [5, 5.41) is 10.1. The van der Waals surface area contributed by atoms with Crippen molar-refractivity contribution < 1.29 is 9.90 Å². The van der Waals surface area contributed by atoms with Crippen LogP contribution in [-0.2, 0) is 0 Å². The number of benzene rings is 1. The van der Waals surface area contributed by atoms with Gasteiger partial charge in [0.25, 0.3) is 5.91 Å². The van der Waals surface area contributed by atoms with E-state index in [-0.39, 0.29) is 12.0 Å². The number of carbonyl (C=O) groups is 1. The smallest absolute Gasteiger partial charge is 0.256 e. The van der Waals surface area contributed by atoms with Crippen LogP contribution in [0.3, 0.4) is 0 Å². The number of anilines is 1. The van der Waals surface area contributed by atoms with Crippen LogP contribution >= 0.6 is 0 Å². The van der Waals surface area contributed by atoms with Crippen molar-refractivity contribution in [1.82, 2.24) is 9.88 Å². The molecule has 1 saturated heterocycles. The molecule has 4 N–H and O–H groups in total. The van der Waals surface area contributed by atoms with E-state index < -0.39 is 0 Å². The van der Waals surface area contributed by atoms with E-state index in [0.717, 1.165) is 10.9 Å². The number of aliphatic hydroxyl groups is 1. The number of nitrogens with zero attached hydrogens (tertiary/aromatic N) is 1. The highest BCUT2D eigenvalue weighted by atomic mass is 16.3. The monoisotopic (exact) mass is 231 g/mol. The minimum Gasteiger partial charge on any atom is -0.399 e. The van der Waals surface area contributed by atoms with Crippen molar-refractivity contribution in [2.75, 3.05) is 18.8 Å². The zero-order valence-corrected chi connectivity index (χ0v) is 9.18. The highest BCUT2D eigenvalue weighted by Gasteiger charge is 2.30. The Bertz CT molecular complexity index is 584. The maximum Gasteiger partial charge on any atom is 0.256 e. The highest BCUT2D eigenvalue weighted by molar-refractivity contribution is 6.07. The van der Waals surface area contributed by atoms with Crippen LogP contribution in [0.1, 0.15) is 10.4 Å². The normalized spacial score (nSPS) is 16.2. The molecule has 1 aliphatic rings. The van der Waals surface area contributed by atoms with E-state index in [2.05, 4.69) is 4.98 Å². The summed E-state index contributed by atoms with van der Waals surface area (Å²) in [4.78, 5) is 16.8. The van der Waals surface area contributed by atoms with E-state index in [1.54, 1.807) is 23.2 Å². The second-order valence-corrected chi connectivity index (χ2v) is 4.37. The van der Waals surface area contributed by atoms with Gasteiger partial charge < -0.3 is 20.7 Å². The molecule has 17 heavy (non-hydrogen) atoms. The molecule has 0 radical (unpaired) electrons.